The topological polar surface area (TPSA) is 48.8 Å². The molecule has 0 radical (unpaired) electrons. The van der Waals surface area contributed by atoms with E-state index in [9.17, 15) is 0 Å². The summed E-state index contributed by atoms with van der Waals surface area (Å²) in [6, 6.07) is 68.0. The lowest BCUT2D eigenvalue weighted by Crippen LogP contribution is -2.75. The largest absolute Gasteiger partial charge is 0.454 e. The number of aromatic nitrogens is 4. The van der Waals surface area contributed by atoms with Gasteiger partial charge < -0.3 is 13.6 Å². The molecule has 272 valence electrons. The molecule has 58 heavy (non-hydrogen) atoms. The van der Waals surface area contributed by atoms with Crippen LogP contribution < -0.4 is 20.9 Å². The quantitative estimate of drug-likeness (QED) is 0.125. The molecular formula is C52H34N4OSi. The van der Waals surface area contributed by atoms with Crippen LogP contribution in [0.2, 0.25) is 0 Å². The van der Waals surface area contributed by atoms with Gasteiger partial charge in [-0.05, 0) is 82.3 Å². The van der Waals surface area contributed by atoms with Crippen LogP contribution in [-0.4, -0.2) is 27.2 Å². The van der Waals surface area contributed by atoms with E-state index in [4.69, 9.17) is 9.40 Å². The van der Waals surface area contributed by atoms with E-state index in [1.807, 2.05) is 30.7 Å². The molecule has 12 rings (SSSR count). The standard InChI is InChI=1S/C52H34N4OSi/c1-2-14-37(15-3-1)58(50-23-10-11-31-54-50,39-16-12-13-36(33-39)55-46-20-7-5-18-41(46)45-34-53-32-30-48(45)55)38-26-24-35(25-27-38)56-47-21-8-4-17-40(47)43-28-29-44-42-19-6-9-22-49(42)57-52(44)51(43)56/h1-34H. The predicted octanol–water partition coefficient (Wildman–Crippen LogP) is 9.95. The van der Waals surface area contributed by atoms with E-state index in [1.54, 1.807) is 0 Å². The first kappa shape index (κ1) is 32.7. The summed E-state index contributed by atoms with van der Waals surface area (Å²) < 4.78 is 11.4. The number of furan rings is 1. The number of fused-ring (bicyclic) bond motifs is 10. The maximum absolute atomic E-state index is 6.68. The van der Waals surface area contributed by atoms with Crippen molar-refractivity contribution in [1.82, 2.24) is 19.1 Å². The fraction of sp³-hybridized carbons (Fsp3) is 0. The molecule has 0 aliphatic heterocycles. The highest BCUT2D eigenvalue weighted by atomic mass is 28.3. The number of rotatable bonds is 6. The Morgan fingerprint density at radius 3 is 1.88 bits per heavy atom. The molecule has 5 nitrogen and oxygen atoms in total. The zero-order chi connectivity index (χ0) is 38.2. The van der Waals surface area contributed by atoms with Crippen LogP contribution in [0.4, 0.5) is 0 Å². The second kappa shape index (κ2) is 12.7. The Labute approximate surface area is 334 Å². The summed E-state index contributed by atoms with van der Waals surface area (Å²) in [5.74, 6) is 0. The minimum Gasteiger partial charge on any atom is -0.454 e. The van der Waals surface area contributed by atoms with Crippen molar-refractivity contribution in [3.05, 3.63) is 207 Å². The van der Waals surface area contributed by atoms with E-state index in [1.165, 1.54) is 31.7 Å². The van der Waals surface area contributed by atoms with E-state index in [0.29, 0.717) is 0 Å². The van der Waals surface area contributed by atoms with E-state index < -0.39 is 8.07 Å². The van der Waals surface area contributed by atoms with E-state index in [2.05, 4.69) is 190 Å². The molecule has 5 aromatic heterocycles. The van der Waals surface area contributed by atoms with Gasteiger partial charge in [0.25, 0.3) is 0 Å². The average molecular weight is 759 g/mol. The smallest absolute Gasteiger partial charge is 0.201 e. The molecule has 0 spiro atoms. The lowest BCUT2D eigenvalue weighted by molar-refractivity contribution is 0.671. The molecular weight excluding hydrogens is 725 g/mol. The summed E-state index contributed by atoms with van der Waals surface area (Å²) in [7, 11) is -3.02. The van der Waals surface area contributed by atoms with Gasteiger partial charge in [-0.15, -0.1) is 0 Å². The Kier molecular flexibility index (Phi) is 7.18. The van der Waals surface area contributed by atoms with Crippen LogP contribution >= 0.6 is 0 Å². The van der Waals surface area contributed by atoms with Gasteiger partial charge in [-0.3, -0.25) is 9.97 Å². The van der Waals surface area contributed by atoms with Gasteiger partial charge in [0.1, 0.15) is 5.58 Å². The van der Waals surface area contributed by atoms with Gasteiger partial charge >= 0.3 is 0 Å². The third-order valence-electron chi connectivity index (χ3n) is 12.0. The van der Waals surface area contributed by atoms with E-state index >= 15 is 0 Å². The molecule has 1 unspecified atom stereocenters. The highest BCUT2D eigenvalue weighted by molar-refractivity contribution is 7.19. The molecule has 0 saturated carbocycles. The third kappa shape index (κ3) is 4.63. The molecule has 0 aliphatic rings. The van der Waals surface area contributed by atoms with Crippen LogP contribution in [0.15, 0.2) is 211 Å². The number of hydrogen-bond acceptors (Lipinski definition) is 3. The average Bonchev–Trinajstić information content (AvgIpc) is 3.96. The van der Waals surface area contributed by atoms with Gasteiger partial charge in [0, 0.05) is 67.6 Å². The van der Waals surface area contributed by atoms with E-state index in [0.717, 1.165) is 66.1 Å². The van der Waals surface area contributed by atoms with Gasteiger partial charge in [-0.2, -0.15) is 0 Å². The highest BCUT2D eigenvalue weighted by Crippen LogP contribution is 2.40. The fourth-order valence-electron chi connectivity index (χ4n) is 9.55. The molecule has 0 fully saturated rings. The zero-order valence-corrected chi connectivity index (χ0v) is 32.3. The second-order valence-corrected chi connectivity index (χ2v) is 18.7. The maximum Gasteiger partial charge on any atom is 0.201 e. The molecule has 0 N–H and O–H groups in total. The van der Waals surface area contributed by atoms with Gasteiger partial charge in [0.05, 0.1) is 22.1 Å². The zero-order valence-electron chi connectivity index (χ0n) is 31.3. The van der Waals surface area contributed by atoms with Crippen molar-refractivity contribution in [3.8, 4) is 11.4 Å². The summed E-state index contributed by atoms with van der Waals surface area (Å²) in [5.41, 5.74) is 8.48. The molecule has 0 bridgehead atoms. The lowest BCUT2D eigenvalue weighted by atomic mass is 10.1. The number of hydrogen-bond donors (Lipinski definition) is 0. The number of pyridine rings is 2. The van der Waals surface area contributed by atoms with Crippen molar-refractivity contribution in [3.63, 3.8) is 0 Å². The Hall–Kier alpha value is -7.54. The monoisotopic (exact) mass is 758 g/mol. The molecule has 7 aromatic carbocycles. The summed E-state index contributed by atoms with van der Waals surface area (Å²) in [4.78, 5) is 9.72. The van der Waals surface area contributed by atoms with Gasteiger partial charge in [-0.25, -0.2) is 0 Å². The summed E-state index contributed by atoms with van der Waals surface area (Å²) >= 11 is 0. The van der Waals surface area contributed by atoms with Gasteiger partial charge in [0.2, 0.25) is 8.07 Å². The Bertz CT molecular complexity index is 3420. The first-order chi connectivity index (χ1) is 28.8. The Balaban J connectivity index is 1.12. The first-order valence-electron chi connectivity index (χ1n) is 19.6. The number of benzene rings is 7. The molecule has 1 atom stereocenters. The van der Waals surface area contributed by atoms with Crippen LogP contribution in [-0.2, 0) is 0 Å². The molecule has 12 aromatic rings. The Morgan fingerprint density at radius 1 is 0.414 bits per heavy atom. The lowest BCUT2D eigenvalue weighted by Gasteiger charge is -2.33. The summed E-state index contributed by atoms with van der Waals surface area (Å²) in [5, 5.41) is 11.8. The molecule has 0 aliphatic carbocycles. The Morgan fingerprint density at radius 2 is 1.07 bits per heavy atom. The van der Waals surface area contributed by atoms with Crippen LogP contribution in [0.3, 0.4) is 0 Å². The molecule has 6 heteroatoms. The summed E-state index contributed by atoms with van der Waals surface area (Å²) in [6.45, 7) is 0. The van der Waals surface area contributed by atoms with Crippen molar-refractivity contribution >= 4 is 94.5 Å². The van der Waals surface area contributed by atoms with Crippen molar-refractivity contribution in [2.45, 2.75) is 0 Å². The van der Waals surface area contributed by atoms with Crippen LogP contribution in [0, 0.1) is 0 Å². The fourth-order valence-corrected chi connectivity index (χ4v) is 14.1. The van der Waals surface area contributed by atoms with Gasteiger partial charge in [-0.1, -0.05) is 121 Å². The van der Waals surface area contributed by atoms with Crippen molar-refractivity contribution in [2.75, 3.05) is 0 Å². The van der Waals surface area contributed by atoms with Crippen molar-refractivity contribution in [1.29, 1.82) is 0 Å². The number of nitrogens with zero attached hydrogens (tertiary/aromatic N) is 4. The van der Waals surface area contributed by atoms with Crippen molar-refractivity contribution < 1.29 is 4.42 Å². The van der Waals surface area contributed by atoms with Gasteiger partial charge in [0.15, 0.2) is 5.58 Å². The predicted molar refractivity (Wildman–Crippen MR) is 242 cm³/mol. The highest BCUT2D eigenvalue weighted by Gasteiger charge is 2.43. The maximum atomic E-state index is 6.68. The van der Waals surface area contributed by atoms with Crippen LogP contribution in [0.1, 0.15) is 0 Å². The first-order valence-corrected chi connectivity index (χ1v) is 21.6. The van der Waals surface area contributed by atoms with Crippen LogP contribution in [0.25, 0.3) is 76.9 Å². The number of para-hydroxylation sites is 3. The van der Waals surface area contributed by atoms with Crippen LogP contribution in [0.5, 0.6) is 0 Å². The van der Waals surface area contributed by atoms with Crippen molar-refractivity contribution in [2.24, 2.45) is 0 Å². The normalized spacial score (nSPS) is 13.0. The minimum absolute atomic E-state index is 0.894. The summed E-state index contributed by atoms with van der Waals surface area (Å²) in [6.07, 6.45) is 5.80. The molecule has 5 heterocycles. The molecule has 0 saturated heterocycles. The SMILES string of the molecule is c1ccc([Si](c2ccc(-n3c4ccccc4c4ccc5c6ccccc6oc5c43)cc2)(c2cccc(-n3c4ccccc4c4cnccc43)c2)c2ccccn2)cc1. The van der Waals surface area contributed by atoms with E-state index in [-0.39, 0.29) is 0 Å². The third-order valence-corrected chi connectivity index (χ3v) is 16.6. The second-order valence-electron chi connectivity index (χ2n) is 15.0. The molecule has 0 amide bonds. The minimum atomic E-state index is -3.02.